The Hall–Kier alpha value is -2.16. The van der Waals surface area contributed by atoms with Crippen molar-refractivity contribution in [1.29, 1.82) is 0 Å². The summed E-state index contributed by atoms with van der Waals surface area (Å²) >= 11 is 6.30. The van der Waals surface area contributed by atoms with Crippen LogP contribution in [0.15, 0.2) is 48.5 Å². The molecular formula is C25H27ClF4N2O2. The minimum absolute atomic E-state index is 0.0774. The third kappa shape index (κ3) is 4.10. The van der Waals surface area contributed by atoms with Gasteiger partial charge in [0.05, 0.1) is 5.02 Å². The molecule has 4 nitrogen and oxygen atoms in total. The minimum Gasteiger partial charge on any atom is -0.356 e. The molecule has 1 spiro atoms. The molecule has 2 atom stereocenters. The molecule has 0 bridgehead atoms. The lowest BCUT2D eigenvalue weighted by Crippen LogP contribution is -2.59. The molecule has 0 aliphatic carbocycles. The number of nitrogens with one attached hydrogen (secondary N) is 1. The van der Waals surface area contributed by atoms with Crippen molar-refractivity contribution in [3.05, 3.63) is 70.5 Å². The Kier molecular flexibility index (Phi) is 6.95. The summed E-state index contributed by atoms with van der Waals surface area (Å²) in [5.74, 6) is -1.71. The van der Waals surface area contributed by atoms with Gasteiger partial charge in [0, 0.05) is 38.2 Å². The fourth-order valence-electron chi connectivity index (χ4n) is 5.58. The number of hydrogen-bond acceptors (Lipinski definition) is 3. The van der Waals surface area contributed by atoms with Crippen LogP contribution in [0.4, 0.5) is 17.6 Å². The number of piperidine rings is 2. The van der Waals surface area contributed by atoms with E-state index in [4.69, 9.17) is 16.3 Å². The molecule has 2 aromatic rings. The summed E-state index contributed by atoms with van der Waals surface area (Å²) in [6, 6.07) is 11.7. The number of nitrogens with zero attached hydrogens (tertiary/aromatic N) is 1. The Bertz CT molecular complexity index is 1030. The highest BCUT2D eigenvalue weighted by Gasteiger charge is 2.64. The van der Waals surface area contributed by atoms with E-state index in [0.717, 1.165) is 20.1 Å². The molecule has 1 N–H and O–H groups in total. The normalized spacial score (nSPS) is 22.4. The molecule has 0 unspecified atom stereocenters. The molecule has 2 aliphatic rings. The van der Waals surface area contributed by atoms with Crippen LogP contribution in [0.2, 0.25) is 5.02 Å². The van der Waals surface area contributed by atoms with E-state index in [1.807, 2.05) is 0 Å². The van der Waals surface area contributed by atoms with E-state index in [1.54, 1.807) is 18.2 Å². The van der Waals surface area contributed by atoms with Gasteiger partial charge in [0.2, 0.25) is 0 Å². The number of methoxy groups -OCH3 is 1. The summed E-state index contributed by atoms with van der Waals surface area (Å²) < 4.78 is 62.2. The zero-order chi connectivity index (χ0) is 24.6. The molecule has 184 valence electrons. The quantitative estimate of drug-likeness (QED) is 0.584. The second-order valence-corrected chi connectivity index (χ2v) is 9.43. The Morgan fingerprint density at radius 1 is 1.09 bits per heavy atom. The smallest absolute Gasteiger partial charge is 0.356 e. The molecule has 2 aliphatic heterocycles. The van der Waals surface area contributed by atoms with Crippen LogP contribution in [0, 0.1) is 11.2 Å². The van der Waals surface area contributed by atoms with E-state index >= 15 is 0 Å². The van der Waals surface area contributed by atoms with Crippen molar-refractivity contribution in [2.75, 3.05) is 33.3 Å². The SMILES string of the molecule is CO[C@@](C(=O)N1CCC2(CCNC[C@H]2c2cccc(F)c2Cl)CC1)(c1ccccc1)C(F)(F)F. The van der Waals surface area contributed by atoms with Crippen LogP contribution < -0.4 is 5.32 Å². The Morgan fingerprint density at radius 2 is 1.76 bits per heavy atom. The van der Waals surface area contributed by atoms with Crippen LogP contribution in [-0.4, -0.2) is 50.3 Å². The topological polar surface area (TPSA) is 41.6 Å². The first kappa shape index (κ1) is 24.9. The van der Waals surface area contributed by atoms with Gasteiger partial charge < -0.3 is 15.0 Å². The van der Waals surface area contributed by atoms with E-state index in [-0.39, 0.29) is 35.0 Å². The summed E-state index contributed by atoms with van der Waals surface area (Å²) in [6.07, 6.45) is -3.20. The summed E-state index contributed by atoms with van der Waals surface area (Å²) in [5, 5.41) is 3.41. The highest BCUT2D eigenvalue weighted by molar-refractivity contribution is 6.31. The number of rotatable bonds is 4. The van der Waals surface area contributed by atoms with Crippen LogP contribution in [0.1, 0.15) is 36.3 Å². The van der Waals surface area contributed by atoms with Gasteiger partial charge in [0.1, 0.15) is 5.82 Å². The van der Waals surface area contributed by atoms with Crippen LogP contribution in [0.3, 0.4) is 0 Å². The first-order valence-electron chi connectivity index (χ1n) is 11.3. The second-order valence-electron chi connectivity index (χ2n) is 9.05. The monoisotopic (exact) mass is 498 g/mol. The van der Waals surface area contributed by atoms with Gasteiger partial charge >= 0.3 is 6.18 Å². The number of halogens is 5. The molecule has 34 heavy (non-hydrogen) atoms. The highest BCUT2D eigenvalue weighted by atomic mass is 35.5. The number of benzene rings is 2. The molecule has 0 saturated carbocycles. The summed E-state index contributed by atoms with van der Waals surface area (Å²) in [4.78, 5) is 14.7. The summed E-state index contributed by atoms with van der Waals surface area (Å²) in [7, 11) is 0.915. The van der Waals surface area contributed by atoms with E-state index in [2.05, 4.69) is 5.32 Å². The van der Waals surface area contributed by atoms with Crippen molar-refractivity contribution in [1.82, 2.24) is 10.2 Å². The van der Waals surface area contributed by atoms with E-state index in [9.17, 15) is 22.4 Å². The van der Waals surface area contributed by atoms with Crippen molar-refractivity contribution in [2.45, 2.75) is 37.0 Å². The largest absolute Gasteiger partial charge is 0.430 e. The lowest BCUT2D eigenvalue weighted by molar-refractivity contribution is -0.271. The third-order valence-electron chi connectivity index (χ3n) is 7.48. The number of hydrogen-bond donors (Lipinski definition) is 1. The first-order chi connectivity index (χ1) is 16.2. The number of carbonyl (C=O) groups is 1. The Morgan fingerprint density at radius 3 is 2.38 bits per heavy atom. The van der Waals surface area contributed by atoms with Crippen molar-refractivity contribution in [3.63, 3.8) is 0 Å². The maximum Gasteiger partial charge on any atom is 0.430 e. The molecule has 0 radical (unpaired) electrons. The van der Waals surface area contributed by atoms with Gasteiger partial charge in [-0.25, -0.2) is 4.39 Å². The second kappa shape index (κ2) is 9.47. The average molecular weight is 499 g/mol. The highest BCUT2D eigenvalue weighted by Crippen LogP contribution is 2.51. The fourth-order valence-corrected chi connectivity index (χ4v) is 5.84. The molecule has 0 aromatic heterocycles. The molecule has 9 heteroatoms. The van der Waals surface area contributed by atoms with Crippen LogP contribution in [0.25, 0.3) is 0 Å². The average Bonchev–Trinajstić information content (AvgIpc) is 2.82. The van der Waals surface area contributed by atoms with Gasteiger partial charge in [0.25, 0.3) is 11.5 Å². The van der Waals surface area contributed by atoms with Gasteiger partial charge in [0.15, 0.2) is 0 Å². The van der Waals surface area contributed by atoms with Gasteiger partial charge in [-0.3, -0.25) is 4.79 Å². The lowest BCUT2D eigenvalue weighted by Gasteiger charge is -2.51. The number of ether oxygens (including phenoxy) is 1. The van der Waals surface area contributed by atoms with Crippen molar-refractivity contribution < 1.29 is 27.1 Å². The number of alkyl halides is 3. The first-order valence-corrected chi connectivity index (χ1v) is 11.7. The Balaban J connectivity index is 1.62. The van der Waals surface area contributed by atoms with Crippen LogP contribution >= 0.6 is 11.6 Å². The lowest BCUT2D eigenvalue weighted by atomic mass is 9.62. The molecule has 2 saturated heterocycles. The van der Waals surface area contributed by atoms with Gasteiger partial charge in [-0.2, -0.15) is 13.2 Å². The number of carbonyl (C=O) groups excluding carboxylic acids is 1. The molecule has 4 rings (SSSR count). The fraction of sp³-hybridized carbons (Fsp3) is 0.480. The van der Waals surface area contributed by atoms with E-state index < -0.39 is 23.5 Å². The predicted molar refractivity (Wildman–Crippen MR) is 121 cm³/mol. The van der Waals surface area contributed by atoms with Crippen LogP contribution in [-0.2, 0) is 15.1 Å². The van der Waals surface area contributed by atoms with Crippen molar-refractivity contribution >= 4 is 17.5 Å². The van der Waals surface area contributed by atoms with Gasteiger partial charge in [-0.1, -0.05) is 54.1 Å². The summed E-state index contributed by atoms with van der Waals surface area (Å²) in [6.45, 7) is 1.63. The molecule has 2 heterocycles. The van der Waals surface area contributed by atoms with Crippen LogP contribution in [0.5, 0.6) is 0 Å². The standard InChI is InChI=1S/C25H27ClF4N2O2/c1-34-24(25(28,29)30,17-6-3-2-4-7-17)22(33)32-14-11-23(12-15-32)10-13-31-16-19(23)18-8-5-9-20(27)21(18)26/h2-9,19,31H,10-16H2,1H3/t19-,24+/m0/s1. The Labute approximate surface area is 201 Å². The molecular weight excluding hydrogens is 472 g/mol. The molecule has 2 fully saturated rings. The molecule has 1 amide bonds. The number of amides is 1. The minimum atomic E-state index is -4.94. The van der Waals surface area contributed by atoms with Crippen molar-refractivity contribution in [3.8, 4) is 0 Å². The molecule has 2 aromatic carbocycles. The number of likely N-dealkylation sites (tertiary alicyclic amines) is 1. The van der Waals surface area contributed by atoms with E-state index in [1.165, 1.54) is 35.2 Å². The summed E-state index contributed by atoms with van der Waals surface area (Å²) in [5.41, 5.74) is -2.92. The maximum absolute atomic E-state index is 14.3. The maximum atomic E-state index is 14.3. The van der Waals surface area contributed by atoms with Crippen molar-refractivity contribution in [2.24, 2.45) is 5.41 Å². The zero-order valence-corrected chi connectivity index (χ0v) is 19.6. The van der Waals surface area contributed by atoms with Gasteiger partial charge in [-0.05, 0) is 42.9 Å². The third-order valence-corrected chi connectivity index (χ3v) is 7.88. The zero-order valence-electron chi connectivity index (χ0n) is 18.8. The predicted octanol–water partition coefficient (Wildman–Crippen LogP) is 5.27. The van der Waals surface area contributed by atoms with E-state index in [0.29, 0.717) is 24.9 Å². The van der Waals surface area contributed by atoms with Gasteiger partial charge in [-0.15, -0.1) is 0 Å².